The van der Waals surface area contributed by atoms with Gasteiger partial charge < -0.3 is 24.8 Å². The molecule has 3 rings (SSSR count). The van der Waals surface area contributed by atoms with Crippen molar-refractivity contribution in [1.29, 1.82) is 0 Å². The van der Waals surface area contributed by atoms with Crippen molar-refractivity contribution in [2.24, 2.45) is 0 Å². The predicted octanol–water partition coefficient (Wildman–Crippen LogP) is 1.43. The molecule has 0 aromatic heterocycles. The molecule has 136 valence electrons. The van der Waals surface area contributed by atoms with Crippen LogP contribution in [0.25, 0.3) is 0 Å². The van der Waals surface area contributed by atoms with Crippen LogP contribution >= 0.6 is 0 Å². The van der Waals surface area contributed by atoms with Gasteiger partial charge in [-0.15, -0.1) is 0 Å². The number of nitrogens with one attached hydrogen (secondary N) is 3. The smallest absolute Gasteiger partial charge is 0.414 e. The lowest BCUT2D eigenvalue weighted by molar-refractivity contribution is -0.0653. The fourth-order valence-corrected chi connectivity index (χ4v) is 2.90. The third kappa shape index (κ3) is 4.15. The molecule has 3 N–H and O–H groups in total. The van der Waals surface area contributed by atoms with Crippen molar-refractivity contribution in [1.82, 2.24) is 16.1 Å². The number of hydroxylamine groups is 1. The lowest BCUT2D eigenvalue weighted by atomic mass is 9.93. The van der Waals surface area contributed by atoms with Crippen LogP contribution in [0.1, 0.15) is 18.4 Å². The number of methoxy groups -OCH3 is 2. The summed E-state index contributed by atoms with van der Waals surface area (Å²) in [5.74, 6) is 1.57. The van der Waals surface area contributed by atoms with Crippen LogP contribution in [-0.4, -0.2) is 39.0 Å². The standard InChI is InChI=1S/C17H23N3O5/c1-22-13-4-3-12(9-14(13)23-2)11-19-16(21)24-15-10-17(25-20-15)5-7-18-8-6-17/h3-4,9-10,18,20H,5-8,11H2,1-2H3,(H,19,21). The molecule has 25 heavy (non-hydrogen) atoms. The maximum absolute atomic E-state index is 12.0. The molecule has 0 bridgehead atoms. The number of alkyl carbamates (subject to hydrolysis) is 1. The molecule has 2 aliphatic rings. The van der Waals surface area contributed by atoms with Gasteiger partial charge in [0.1, 0.15) is 5.60 Å². The van der Waals surface area contributed by atoms with Gasteiger partial charge in [0.15, 0.2) is 11.5 Å². The van der Waals surface area contributed by atoms with E-state index in [1.807, 2.05) is 12.1 Å². The van der Waals surface area contributed by atoms with Crippen molar-refractivity contribution in [2.45, 2.75) is 25.0 Å². The minimum atomic E-state index is -0.553. The lowest BCUT2D eigenvalue weighted by Crippen LogP contribution is -2.41. The van der Waals surface area contributed by atoms with Crippen LogP contribution in [0.3, 0.4) is 0 Å². The van der Waals surface area contributed by atoms with E-state index in [1.165, 1.54) is 0 Å². The second-order valence-corrected chi connectivity index (χ2v) is 5.96. The van der Waals surface area contributed by atoms with Gasteiger partial charge in [0, 0.05) is 12.6 Å². The fourth-order valence-electron chi connectivity index (χ4n) is 2.90. The van der Waals surface area contributed by atoms with Gasteiger partial charge in [-0.25, -0.2) is 10.3 Å². The maximum Gasteiger partial charge on any atom is 0.414 e. The van der Waals surface area contributed by atoms with Crippen molar-refractivity contribution in [3.8, 4) is 11.5 Å². The van der Waals surface area contributed by atoms with Crippen LogP contribution in [-0.2, 0) is 16.1 Å². The van der Waals surface area contributed by atoms with Gasteiger partial charge in [0.2, 0.25) is 5.88 Å². The quantitative estimate of drug-likeness (QED) is 0.741. The number of benzene rings is 1. The van der Waals surface area contributed by atoms with Crippen LogP contribution in [0.5, 0.6) is 11.5 Å². The summed E-state index contributed by atoms with van der Waals surface area (Å²) >= 11 is 0. The van der Waals surface area contributed by atoms with E-state index in [-0.39, 0.29) is 5.60 Å². The zero-order valence-corrected chi connectivity index (χ0v) is 14.4. The Morgan fingerprint density at radius 2 is 2.00 bits per heavy atom. The van der Waals surface area contributed by atoms with Gasteiger partial charge in [0.05, 0.1) is 14.2 Å². The normalized spacial score (nSPS) is 18.2. The SMILES string of the molecule is COc1ccc(CNC(=O)OC2=CC3(CCNCC3)ON2)cc1OC. The first-order valence-corrected chi connectivity index (χ1v) is 8.18. The van der Waals surface area contributed by atoms with E-state index in [9.17, 15) is 4.79 Å². The summed E-state index contributed by atoms with van der Waals surface area (Å²) < 4.78 is 15.7. The van der Waals surface area contributed by atoms with Crippen molar-refractivity contribution in [2.75, 3.05) is 27.3 Å². The van der Waals surface area contributed by atoms with Crippen LogP contribution < -0.4 is 25.6 Å². The molecular weight excluding hydrogens is 326 g/mol. The van der Waals surface area contributed by atoms with Crippen LogP contribution in [0.4, 0.5) is 4.79 Å². The van der Waals surface area contributed by atoms with Gasteiger partial charge in [-0.3, -0.25) is 4.84 Å². The third-order valence-electron chi connectivity index (χ3n) is 4.29. The number of amides is 1. The average molecular weight is 349 g/mol. The number of rotatable bonds is 5. The Bertz CT molecular complexity index is 656. The number of carbonyl (C=O) groups excluding carboxylic acids is 1. The highest BCUT2D eigenvalue weighted by Gasteiger charge is 2.37. The average Bonchev–Trinajstić information content (AvgIpc) is 3.02. The molecule has 8 heteroatoms. The highest BCUT2D eigenvalue weighted by Crippen LogP contribution is 2.30. The molecule has 0 saturated carbocycles. The summed E-state index contributed by atoms with van der Waals surface area (Å²) in [6, 6.07) is 5.44. The minimum absolute atomic E-state index is 0.308. The van der Waals surface area contributed by atoms with E-state index in [2.05, 4.69) is 16.1 Å². The first kappa shape index (κ1) is 17.4. The van der Waals surface area contributed by atoms with Gasteiger partial charge >= 0.3 is 6.09 Å². The Labute approximate surface area is 146 Å². The molecule has 0 atom stereocenters. The van der Waals surface area contributed by atoms with E-state index in [0.29, 0.717) is 23.9 Å². The number of ether oxygens (including phenoxy) is 3. The first-order chi connectivity index (χ1) is 12.1. The molecule has 1 fully saturated rings. The summed E-state index contributed by atoms with van der Waals surface area (Å²) in [5.41, 5.74) is 3.18. The van der Waals surface area contributed by atoms with E-state index in [1.54, 1.807) is 26.4 Å². The Morgan fingerprint density at radius 1 is 1.24 bits per heavy atom. The zero-order chi connectivity index (χ0) is 17.7. The molecule has 0 unspecified atom stereocenters. The number of carbonyl (C=O) groups is 1. The maximum atomic E-state index is 12.0. The summed E-state index contributed by atoms with van der Waals surface area (Å²) in [7, 11) is 3.14. The Hall–Kier alpha value is -2.45. The van der Waals surface area contributed by atoms with Crippen LogP contribution in [0.15, 0.2) is 30.2 Å². The Kier molecular flexibility index (Phi) is 5.30. The summed E-state index contributed by atoms with van der Waals surface area (Å²) in [6.07, 6.45) is 2.95. The Balaban J connectivity index is 1.52. The molecule has 2 aliphatic heterocycles. The second-order valence-electron chi connectivity index (χ2n) is 5.96. The molecule has 1 spiro atoms. The Morgan fingerprint density at radius 3 is 2.72 bits per heavy atom. The largest absolute Gasteiger partial charge is 0.493 e. The second kappa shape index (κ2) is 7.62. The van der Waals surface area contributed by atoms with Crippen molar-refractivity contribution < 1.29 is 23.8 Å². The summed E-state index contributed by atoms with van der Waals surface area (Å²) in [4.78, 5) is 17.6. The van der Waals surface area contributed by atoms with Gasteiger partial charge in [0.25, 0.3) is 0 Å². The minimum Gasteiger partial charge on any atom is -0.493 e. The van der Waals surface area contributed by atoms with E-state index in [0.717, 1.165) is 31.5 Å². The highest BCUT2D eigenvalue weighted by atomic mass is 16.7. The number of hydrogen-bond donors (Lipinski definition) is 3. The molecule has 8 nitrogen and oxygen atoms in total. The van der Waals surface area contributed by atoms with Gasteiger partial charge in [-0.2, -0.15) is 0 Å². The van der Waals surface area contributed by atoms with E-state index >= 15 is 0 Å². The number of hydrogen-bond acceptors (Lipinski definition) is 7. The summed E-state index contributed by atoms with van der Waals surface area (Å²) in [5, 5.41) is 5.97. The molecular formula is C17H23N3O5. The van der Waals surface area contributed by atoms with E-state index < -0.39 is 6.09 Å². The topological polar surface area (TPSA) is 90.1 Å². The van der Waals surface area contributed by atoms with E-state index in [4.69, 9.17) is 19.0 Å². The predicted molar refractivity (Wildman–Crippen MR) is 90.0 cm³/mol. The van der Waals surface area contributed by atoms with Crippen molar-refractivity contribution >= 4 is 6.09 Å². The molecule has 0 aliphatic carbocycles. The van der Waals surface area contributed by atoms with Gasteiger partial charge in [-0.1, -0.05) is 6.07 Å². The lowest BCUT2D eigenvalue weighted by Gasteiger charge is -2.29. The molecule has 0 radical (unpaired) electrons. The van der Waals surface area contributed by atoms with Crippen LogP contribution in [0.2, 0.25) is 0 Å². The zero-order valence-electron chi connectivity index (χ0n) is 14.4. The molecule has 1 saturated heterocycles. The fraction of sp³-hybridized carbons (Fsp3) is 0.471. The molecule has 1 amide bonds. The summed E-state index contributed by atoms with van der Waals surface area (Å²) in [6.45, 7) is 2.05. The monoisotopic (exact) mass is 349 g/mol. The van der Waals surface area contributed by atoms with Crippen LogP contribution in [0, 0.1) is 0 Å². The first-order valence-electron chi connectivity index (χ1n) is 8.18. The molecule has 1 aromatic rings. The molecule has 1 aromatic carbocycles. The molecule has 2 heterocycles. The van der Waals surface area contributed by atoms with Gasteiger partial charge in [-0.05, 0) is 43.6 Å². The van der Waals surface area contributed by atoms with Crippen molar-refractivity contribution in [3.63, 3.8) is 0 Å². The highest BCUT2D eigenvalue weighted by molar-refractivity contribution is 5.68. The third-order valence-corrected chi connectivity index (χ3v) is 4.29. The number of piperidine rings is 1. The van der Waals surface area contributed by atoms with Crippen molar-refractivity contribution in [3.05, 3.63) is 35.7 Å².